The van der Waals surface area contributed by atoms with Crippen LogP contribution in [0.2, 0.25) is 0 Å². The Morgan fingerprint density at radius 3 is 2.81 bits per heavy atom. The Hall–Kier alpha value is -3.48. The molecule has 3 aromatic heterocycles. The van der Waals surface area contributed by atoms with Crippen molar-refractivity contribution in [2.45, 2.75) is 24.8 Å². The Balaban J connectivity index is 1.78. The molecule has 32 heavy (non-hydrogen) atoms. The van der Waals surface area contributed by atoms with Gasteiger partial charge in [0.2, 0.25) is 5.88 Å². The summed E-state index contributed by atoms with van der Waals surface area (Å²) >= 11 is 0. The van der Waals surface area contributed by atoms with Gasteiger partial charge in [0.1, 0.15) is 23.6 Å². The van der Waals surface area contributed by atoms with Crippen molar-refractivity contribution >= 4 is 17.2 Å². The van der Waals surface area contributed by atoms with Gasteiger partial charge in [-0.2, -0.15) is 18.3 Å². The van der Waals surface area contributed by atoms with E-state index in [1.54, 1.807) is 0 Å². The van der Waals surface area contributed by atoms with E-state index in [2.05, 4.69) is 25.7 Å². The fourth-order valence-electron chi connectivity index (χ4n) is 3.62. The number of methoxy groups -OCH3 is 1. The normalized spacial score (nSPS) is 19.2. The average molecular weight is 453 g/mol. The van der Waals surface area contributed by atoms with Crippen molar-refractivity contribution in [1.29, 1.82) is 0 Å². The number of anilines is 1. The number of nitrogens with zero attached hydrogens (tertiary/aromatic N) is 4. The molecule has 2 unspecified atom stereocenters. The van der Waals surface area contributed by atoms with Gasteiger partial charge < -0.3 is 21.1 Å². The van der Waals surface area contributed by atoms with Gasteiger partial charge in [0.25, 0.3) is 5.91 Å². The average Bonchev–Trinajstić information content (AvgIpc) is 3.16. The van der Waals surface area contributed by atoms with Crippen LogP contribution < -0.4 is 21.1 Å². The number of ether oxygens (including phenoxy) is 1. The molecule has 3 aromatic rings. The highest BCUT2D eigenvalue weighted by atomic mass is 19.4. The second kappa shape index (κ2) is 8.22. The van der Waals surface area contributed by atoms with Crippen LogP contribution >= 0.6 is 0 Å². The zero-order valence-corrected chi connectivity index (χ0v) is 16.8. The molecule has 4 heterocycles. The van der Waals surface area contributed by atoms with E-state index in [1.807, 2.05) is 0 Å². The standard InChI is InChI=1S/C19H19F4N7O2/c1-32-18-10(17(31)29-13-7-25-3-2-12(13)20)4-9(6-26-18)14-5-11(19(21,22)23)15-16(24)27-8-28-30(14)15/h4-6,8,12-13,25H,2-3,7H2,1H3,(H,29,31)(H2,24,27,28). The summed E-state index contributed by atoms with van der Waals surface area (Å²) in [6.07, 6.45) is -3.43. The Morgan fingerprint density at radius 2 is 2.12 bits per heavy atom. The molecular weight excluding hydrogens is 434 g/mol. The van der Waals surface area contributed by atoms with E-state index in [0.29, 0.717) is 6.54 Å². The molecule has 1 amide bonds. The van der Waals surface area contributed by atoms with Gasteiger partial charge in [-0.1, -0.05) is 0 Å². The molecule has 13 heteroatoms. The van der Waals surface area contributed by atoms with Crippen molar-refractivity contribution in [3.63, 3.8) is 0 Å². The number of rotatable bonds is 4. The van der Waals surface area contributed by atoms with E-state index >= 15 is 0 Å². The number of halogens is 4. The highest BCUT2D eigenvalue weighted by Crippen LogP contribution is 2.38. The zero-order valence-electron chi connectivity index (χ0n) is 16.8. The number of amides is 1. The summed E-state index contributed by atoms with van der Waals surface area (Å²) in [7, 11) is 1.29. The minimum absolute atomic E-state index is 0.00618. The molecule has 0 bridgehead atoms. The molecule has 4 N–H and O–H groups in total. The second-order valence-electron chi connectivity index (χ2n) is 7.22. The summed E-state index contributed by atoms with van der Waals surface area (Å²) in [5.74, 6) is -1.08. The third-order valence-corrected chi connectivity index (χ3v) is 5.19. The summed E-state index contributed by atoms with van der Waals surface area (Å²) in [6.45, 7) is 0.749. The molecule has 9 nitrogen and oxygen atoms in total. The number of piperidine rings is 1. The monoisotopic (exact) mass is 453 g/mol. The van der Waals surface area contributed by atoms with Crippen LogP contribution in [0, 0.1) is 0 Å². The van der Waals surface area contributed by atoms with Crippen LogP contribution in [-0.2, 0) is 6.18 Å². The first-order chi connectivity index (χ1) is 15.2. The Kier molecular flexibility index (Phi) is 5.59. The highest BCUT2D eigenvalue weighted by molar-refractivity contribution is 5.98. The van der Waals surface area contributed by atoms with E-state index in [9.17, 15) is 22.4 Å². The topological polar surface area (TPSA) is 119 Å². The minimum Gasteiger partial charge on any atom is -0.480 e. The van der Waals surface area contributed by atoms with Crippen LogP contribution in [0.25, 0.3) is 16.8 Å². The largest absolute Gasteiger partial charge is 0.480 e. The molecule has 2 atom stereocenters. The fourth-order valence-corrected chi connectivity index (χ4v) is 3.62. The highest BCUT2D eigenvalue weighted by Gasteiger charge is 2.37. The van der Waals surface area contributed by atoms with Gasteiger partial charge in [-0.05, 0) is 25.1 Å². The van der Waals surface area contributed by atoms with Gasteiger partial charge in [-0.25, -0.2) is 18.9 Å². The molecular formula is C19H19F4N7O2. The first-order valence-corrected chi connectivity index (χ1v) is 9.60. The first-order valence-electron chi connectivity index (χ1n) is 9.60. The smallest absolute Gasteiger partial charge is 0.418 e. The summed E-state index contributed by atoms with van der Waals surface area (Å²) in [5, 5.41) is 9.46. The van der Waals surface area contributed by atoms with Gasteiger partial charge in [-0.15, -0.1) is 0 Å². The third-order valence-electron chi connectivity index (χ3n) is 5.19. The predicted molar refractivity (Wildman–Crippen MR) is 106 cm³/mol. The maximum atomic E-state index is 14.1. The summed E-state index contributed by atoms with van der Waals surface area (Å²) < 4.78 is 61.0. The molecule has 1 aliphatic rings. The zero-order chi connectivity index (χ0) is 23.0. The van der Waals surface area contributed by atoms with Crippen molar-refractivity contribution in [1.82, 2.24) is 30.2 Å². The molecule has 4 rings (SSSR count). The molecule has 1 aliphatic heterocycles. The van der Waals surface area contributed by atoms with E-state index in [1.165, 1.54) is 19.4 Å². The van der Waals surface area contributed by atoms with Crippen LogP contribution in [0.5, 0.6) is 5.88 Å². The number of hydrogen-bond acceptors (Lipinski definition) is 7. The molecule has 0 aliphatic carbocycles. The summed E-state index contributed by atoms with van der Waals surface area (Å²) in [4.78, 5) is 20.5. The molecule has 170 valence electrons. The molecule has 0 radical (unpaired) electrons. The lowest BCUT2D eigenvalue weighted by Crippen LogP contribution is -2.52. The number of hydrogen-bond donors (Lipinski definition) is 3. The quantitative estimate of drug-likeness (QED) is 0.516. The minimum atomic E-state index is -4.72. The maximum Gasteiger partial charge on any atom is 0.418 e. The third kappa shape index (κ3) is 3.90. The van der Waals surface area contributed by atoms with Crippen molar-refractivity contribution in [2.24, 2.45) is 0 Å². The molecule has 1 fully saturated rings. The Labute approximate surface area is 179 Å². The van der Waals surface area contributed by atoms with Crippen LogP contribution in [0.1, 0.15) is 22.3 Å². The Bertz CT molecular complexity index is 1160. The number of pyridine rings is 1. The van der Waals surface area contributed by atoms with Crippen LogP contribution in [0.3, 0.4) is 0 Å². The number of aromatic nitrogens is 4. The number of nitrogens with one attached hydrogen (secondary N) is 2. The lowest BCUT2D eigenvalue weighted by Gasteiger charge is -2.27. The van der Waals surface area contributed by atoms with E-state index in [-0.39, 0.29) is 41.5 Å². The van der Waals surface area contributed by atoms with E-state index in [4.69, 9.17) is 10.5 Å². The SMILES string of the molecule is COc1ncc(-c2cc(C(F)(F)F)c3c(N)ncnn23)cc1C(=O)NC1CNCCC1F. The van der Waals surface area contributed by atoms with Crippen molar-refractivity contribution in [2.75, 3.05) is 25.9 Å². The van der Waals surface area contributed by atoms with Gasteiger partial charge in [0, 0.05) is 18.3 Å². The van der Waals surface area contributed by atoms with Gasteiger partial charge in [0.15, 0.2) is 5.82 Å². The second-order valence-corrected chi connectivity index (χ2v) is 7.22. The van der Waals surface area contributed by atoms with Crippen molar-refractivity contribution < 1.29 is 27.1 Å². The number of alkyl halides is 4. The van der Waals surface area contributed by atoms with Crippen molar-refractivity contribution in [3.05, 3.63) is 35.8 Å². The molecule has 1 saturated heterocycles. The number of carbonyl (C=O) groups excluding carboxylic acids is 1. The Morgan fingerprint density at radius 1 is 1.34 bits per heavy atom. The van der Waals surface area contributed by atoms with Gasteiger partial charge in [0.05, 0.1) is 24.4 Å². The number of carbonyl (C=O) groups is 1. The van der Waals surface area contributed by atoms with Gasteiger partial charge >= 0.3 is 6.18 Å². The van der Waals surface area contributed by atoms with Crippen LogP contribution in [0.4, 0.5) is 23.4 Å². The lowest BCUT2D eigenvalue weighted by molar-refractivity contribution is -0.136. The van der Waals surface area contributed by atoms with Crippen LogP contribution in [-0.4, -0.2) is 57.9 Å². The lowest BCUT2D eigenvalue weighted by atomic mass is 10.0. The fraction of sp³-hybridized carbons (Fsp3) is 0.368. The molecule has 0 aromatic carbocycles. The van der Waals surface area contributed by atoms with E-state index < -0.39 is 35.4 Å². The van der Waals surface area contributed by atoms with Crippen molar-refractivity contribution in [3.8, 4) is 17.1 Å². The molecule has 0 saturated carbocycles. The van der Waals surface area contributed by atoms with Crippen LogP contribution in [0.15, 0.2) is 24.7 Å². The predicted octanol–water partition coefficient (Wildman–Crippen LogP) is 1.83. The first kappa shape index (κ1) is 21.7. The number of fused-ring (bicyclic) bond motifs is 1. The maximum absolute atomic E-state index is 14.1. The summed E-state index contributed by atoms with van der Waals surface area (Å²) in [5.41, 5.74) is 4.32. The number of nitrogens with two attached hydrogens (primary N) is 1. The molecule has 0 spiro atoms. The summed E-state index contributed by atoms with van der Waals surface area (Å²) in [6, 6.07) is 1.40. The van der Waals surface area contributed by atoms with Gasteiger partial charge in [-0.3, -0.25) is 4.79 Å². The number of nitrogen functional groups attached to an aromatic ring is 1. The van der Waals surface area contributed by atoms with E-state index in [0.717, 1.165) is 16.9 Å².